The van der Waals surface area contributed by atoms with Gasteiger partial charge in [-0.2, -0.15) is 0 Å². The molecule has 2 aromatic heterocycles. The molecule has 124 valence electrons. The number of carbonyl (C=O) groups excluding carboxylic acids is 1. The molecule has 0 spiro atoms. The molecule has 2 heterocycles. The molecular weight excluding hydrogens is 330 g/mol. The average molecular weight is 345 g/mol. The smallest absolute Gasteiger partial charge is 0.355 e. The fourth-order valence-electron chi connectivity index (χ4n) is 2.33. The number of aromatic nitrogens is 2. The zero-order valence-electron chi connectivity index (χ0n) is 12.8. The van der Waals surface area contributed by atoms with E-state index in [0.29, 0.717) is 5.01 Å². The van der Waals surface area contributed by atoms with Crippen molar-refractivity contribution >= 4 is 34.1 Å². The Kier molecular flexibility index (Phi) is 4.48. The van der Waals surface area contributed by atoms with Crippen LogP contribution >= 0.6 is 11.3 Å². The minimum atomic E-state index is -1.07. The summed E-state index contributed by atoms with van der Waals surface area (Å²) in [5.41, 5.74) is 1.80. The minimum absolute atomic E-state index is 0.00651. The van der Waals surface area contributed by atoms with Gasteiger partial charge in [0.15, 0.2) is 5.69 Å². The number of nitrogens with zero attached hydrogens (tertiary/aromatic N) is 1. The maximum absolute atomic E-state index is 12.1. The summed E-state index contributed by atoms with van der Waals surface area (Å²) in [5, 5.41) is 14.5. The summed E-state index contributed by atoms with van der Waals surface area (Å²) in [6.45, 7) is 0.211. The monoisotopic (exact) mass is 345 g/mol. The number of nitrogens with one attached hydrogen (secondary N) is 2. The van der Waals surface area contributed by atoms with E-state index in [1.807, 2.05) is 18.2 Å². The molecule has 3 aromatic rings. The minimum Gasteiger partial charge on any atom is -0.497 e. The fraction of sp³-hybridized carbons (Fsp3) is 0.188. The largest absolute Gasteiger partial charge is 0.497 e. The first-order valence-corrected chi connectivity index (χ1v) is 8.03. The van der Waals surface area contributed by atoms with E-state index in [9.17, 15) is 9.59 Å². The molecule has 0 saturated carbocycles. The molecule has 0 saturated heterocycles. The van der Waals surface area contributed by atoms with Crippen molar-refractivity contribution in [3.63, 3.8) is 0 Å². The van der Waals surface area contributed by atoms with E-state index in [-0.39, 0.29) is 24.6 Å². The van der Waals surface area contributed by atoms with Crippen molar-refractivity contribution in [2.45, 2.75) is 13.0 Å². The van der Waals surface area contributed by atoms with E-state index < -0.39 is 5.97 Å². The van der Waals surface area contributed by atoms with Crippen molar-refractivity contribution in [3.05, 3.63) is 46.0 Å². The number of carboxylic acids is 1. The van der Waals surface area contributed by atoms with E-state index in [1.54, 1.807) is 13.3 Å². The number of carboxylic acid groups (broad SMARTS) is 1. The SMILES string of the molecule is COc1ccc2[nH]cc(CC(=O)NCc3nc(C(=O)O)cs3)c2c1. The number of methoxy groups -OCH3 is 1. The van der Waals surface area contributed by atoms with Gasteiger partial charge in [-0.3, -0.25) is 4.79 Å². The van der Waals surface area contributed by atoms with Crippen LogP contribution in [0, 0.1) is 0 Å². The average Bonchev–Trinajstić information content (AvgIpc) is 3.20. The summed E-state index contributed by atoms with van der Waals surface area (Å²) in [6.07, 6.45) is 2.01. The first kappa shape index (κ1) is 16.0. The van der Waals surface area contributed by atoms with Crippen molar-refractivity contribution in [2.75, 3.05) is 7.11 Å². The molecule has 3 N–H and O–H groups in total. The van der Waals surface area contributed by atoms with Crippen LogP contribution in [0.25, 0.3) is 10.9 Å². The van der Waals surface area contributed by atoms with Gasteiger partial charge in [0.25, 0.3) is 0 Å². The maximum atomic E-state index is 12.1. The van der Waals surface area contributed by atoms with Crippen LogP contribution in [0.15, 0.2) is 29.8 Å². The van der Waals surface area contributed by atoms with Crippen LogP contribution in [0.2, 0.25) is 0 Å². The van der Waals surface area contributed by atoms with Crippen molar-refractivity contribution < 1.29 is 19.4 Å². The van der Waals surface area contributed by atoms with E-state index in [0.717, 1.165) is 22.2 Å². The molecule has 0 unspecified atom stereocenters. The lowest BCUT2D eigenvalue weighted by atomic mass is 10.1. The second kappa shape index (κ2) is 6.71. The number of H-pyrrole nitrogens is 1. The van der Waals surface area contributed by atoms with Gasteiger partial charge in [0.2, 0.25) is 5.91 Å². The van der Waals surface area contributed by atoms with Crippen molar-refractivity contribution in [1.29, 1.82) is 0 Å². The quantitative estimate of drug-likeness (QED) is 0.635. The molecule has 0 aliphatic heterocycles. The second-order valence-electron chi connectivity index (χ2n) is 5.11. The number of hydrogen-bond donors (Lipinski definition) is 3. The van der Waals surface area contributed by atoms with Crippen LogP contribution in [0.3, 0.4) is 0 Å². The van der Waals surface area contributed by atoms with Gasteiger partial charge in [0.05, 0.1) is 20.1 Å². The van der Waals surface area contributed by atoms with E-state index in [2.05, 4.69) is 15.3 Å². The molecule has 7 nitrogen and oxygen atoms in total. The number of hydrogen-bond acceptors (Lipinski definition) is 5. The zero-order chi connectivity index (χ0) is 17.1. The molecule has 0 aliphatic carbocycles. The van der Waals surface area contributed by atoms with Gasteiger partial charge in [-0.25, -0.2) is 9.78 Å². The fourth-order valence-corrected chi connectivity index (χ4v) is 3.04. The Balaban J connectivity index is 1.65. The third-order valence-corrected chi connectivity index (χ3v) is 4.38. The van der Waals surface area contributed by atoms with Crippen molar-refractivity contribution in [1.82, 2.24) is 15.3 Å². The number of carbonyl (C=O) groups is 2. The number of aromatic amines is 1. The highest BCUT2D eigenvalue weighted by Crippen LogP contribution is 2.24. The Bertz CT molecular complexity index is 900. The van der Waals surface area contributed by atoms with Gasteiger partial charge in [0.1, 0.15) is 10.8 Å². The standard InChI is InChI=1S/C16H15N3O4S/c1-23-10-2-3-12-11(5-10)9(6-17-12)4-14(20)18-7-15-19-13(8-24-15)16(21)22/h2-3,5-6,8,17H,4,7H2,1H3,(H,18,20)(H,21,22). The first-order chi connectivity index (χ1) is 11.6. The van der Waals surface area contributed by atoms with Gasteiger partial charge < -0.3 is 20.1 Å². The van der Waals surface area contributed by atoms with E-state index in [1.165, 1.54) is 16.7 Å². The van der Waals surface area contributed by atoms with Crippen LogP contribution < -0.4 is 10.1 Å². The van der Waals surface area contributed by atoms with Crippen molar-refractivity contribution in [3.8, 4) is 5.75 Å². The number of amides is 1. The highest BCUT2D eigenvalue weighted by molar-refractivity contribution is 7.09. The van der Waals surface area contributed by atoms with Crippen molar-refractivity contribution in [2.24, 2.45) is 0 Å². The van der Waals surface area contributed by atoms with Gasteiger partial charge in [-0.15, -0.1) is 11.3 Å². The molecule has 1 amide bonds. The topological polar surface area (TPSA) is 104 Å². The summed E-state index contributed by atoms with van der Waals surface area (Å²) in [7, 11) is 1.60. The molecule has 0 atom stereocenters. The van der Waals surface area contributed by atoms with Crippen LogP contribution in [0.1, 0.15) is 21.1 Å². The summed E-state index contributed by atoms with van der Waals surface area (Å²) >= 11 is 1.21. The van der Waals surface area contributed by atoms with Crippen LogP contribution in [0.4, 0.5) is 0 Å². The number of ether oxygens (including phenoxy) is 1. The Morgan fingerprint density at radius 3 is 2.96 bits per heavy atom. The number of fused-ring (bicyclic) bond motifs is 1. The lowest BCUT2D eigenvalue weighted by molar-refractivity contribution is -0.120. The molecule has 24 heavy (non-hydrogen) atoms. The number of rotatable bonds is 6. The van der Waals surface area contributed by atoms with Gasteiger partial charge >= 0.3 is 5.97 Å². The third-order valence-electron chi connectivity index (χ3n) is 3.53. The molecule has 3 rings (SSSR count). The summed E-state index contributed by atoms with van der Waals surface area (Å²) in [4.78, 5) is 30.0. The third kappa shape index (κ3) is 3.38. The Morgan fingerprint density at radius 2 is 2.25 bits per heavy atom. The first-order valence-electron chi connectivity index (χ1n) is 7.15. The maximum Gasteiger partial charge on any atom is 0.355 e. The summed E-state index contributed by atoms with van der Waals surface area (Å²) < 4.78 is 5.21. The van der Waals surface area contributed by atoms with Crippen LogP contribution in [0.5, 0.6) is 5.75 Å². The predicted molar refractivity (Wildman–Crippen MR) is 89.5 cm³/mol. The Labute approximate surface area is 141 Å². The molecule has 8 heteroatoms. The van der Waals surface area contributed by atoms with Gasteiger partial charge in [-0.05, 0) is 23.8 Å². The summed E-state index contributed by atoms with van der Waals surface area (Å²) in [5.74, 6) is -0.505. The zero-order valence-corrected chi connectivity index (χ0v) is 13.6. The van der Waals surface area contributed by atoms with Gasteiger partial charge in [-0.1, -0.05) is 0 Å². The molecule has 0 radical (unpaired) electrons. The molecule has 0 aliphatic rings. The Morgan fingerprint density at radius 1 is 1.42 bits per heavy atom. The van der Waals surface area contributed by atoms with Crippen LogP contribution in [-0.2, 0) is 17.8 Å². The Hall–Kier alpha value is -2.87. The number of benzene rings is 1. The summed E-state index contributed by atoms with van der Waals surface area (Å²) in [6, 6.07) is 5.64. The molecular formula is C16H15N3O4S. The highest BCUT2D eigenvalue weighted by atomic mass is 32.1. The van der Waals surface area contributed by atoms with E-state index >= 15 is 0 Å². The predicted octanol–water partition coefficient (Wildman–Crippen LogP) is 2.19. The van der Waals surface area contributed by atoms with Crippen LogP contribution in [-0.4, -0.2) is 34.1 Å². The number of thiazole rings is 1. The lowest BCUT2D eigenvalue weighted by Crippen LogP contribution is -2.24. The molecule has 0 fully saturated rings. The highest BCUT2D eigenvalue weighted by Gasteiger charge is 2.12. The number of aromatic carboxylic acids is 1. The van der Waals surface area contributed by atoms with Gasteiger partial charge in [0, 0.05) is 22.5 Å². The lowest BCUT2D eigenvalue weighted by Gasteiger charge is -2.04. The second-order valence-corrected chi connectivity index (χ2v) is 6.05. The molecule has 1 aromatic carbocycles. The molecule has 0 bridgehead atoms. The van der Waals surface area contributed by atoms with E-state index in [4.69, 9.17) is 9.84 Å². The normalized spacial score (nSPS) is 10.7.